The van der Waals surface area contributed by atoms with Gasteiger partial charge in [0.2, 0.25) is 5.13 Å². The van der Waals surface area contributed by atoms with Crippen LogP contribution in [-0.4, -0.2) is 17.2 Å². The first-order chi connectivity index (χ1) is 8.22. The van der Waals surface area contributed by atoms with Gasteiger partial charge in [-0.1, -0.05) is 11.3 Å². The SMILES string of the molecule is CN(Cc1ccc(Br)s1)c1nnc(C2CC2)s1. The molecule has 0 amide bonds. The molecule has 1 aliphatic rings. The number of anilines is 1. The Morgan fingerprint density at radius 1 is 1.35 bits per heavy atom. The van der Waals surface area contributed by atoms with Gasteiger partial charge in [0.05, 0.1) is 10.3 Å². The number of thiophene rings is 1. The summed E-state index contributed by atoms with van der Waals surface area (Å²) in [6, 6.07) is 4.23. The predicted molar refractivity (Wildman–Crippen MR) is 76.0 cm³/mol. The van der Waals surface area contributed by atoms with Crippen LogP contribution in [0.4, 0.5) is 5.13 Å². The maximum Gasteiger partial charge on any atom is 0.208 e. The molecule has 2 heterocycles. The molecule has 0 radical (unpaired) electrons. The van der Waals surface area contributed by atoms with Crippen LogP contribution in [0.2, 0.25) is 0 Å². The summed E-state index contributed by atoms with van der Waals surface area (Å²) in [5, 5.41) is 10.8. The van der Waals surface area contributed by atoms with Crippen LogP contribution >= 0.6 is 38.6 Å². The molecule has 0 saturated heterocycles. The summed E-state index contributed by atoms with van der Waals surface area (Å²) >= 11 is 6.99. The van der Waals surface area contributed by atoms with Crippen molar-refractivity contribution in [3.05, 3.63) is 25.8 Å². The minimum atomic E-state index is 0.700. The Bertz CT molecular complexity index is 518. The van der Waals surface area contributed by atoms with E-state index in [4.69, 9.17) is 0 Å². The summed E-state index contributed by atoms with van der Waals surface area (Å²) in [6.07, 6.45) is 2.58. The Kier molecular flexibility index (Phi) is 3.19. The third-order valence-corrected chi connectivity index (χ3v) is 5.51. The van der Waals surface area contributed by atoms with Crippen LogP contribution in [0.5, 0.6) is 0 Å². The smallest absolute Gasteiger partial charge is 0.208 e. The van der Waals surface area contributed by atoms with Gasteiger partial charge in [0, 0.05) is 17.8 Å². The number of nitrogens with zero attached hydrogens (tertiary/aromatic N) is 3. The van der Waals surface area contributed by atoms with Crippen molar-refractivity contribution in [2.45, 2.75) is 25.3 Å². The van der Waals surface area contributed by atoms with Crippen LogP contribution in [0.25, 0.3) is 0 Å². The van der Waals surface area contributed by atoms with Gasteiger partial charge in [0.25, 0.3) is 0 Å². The zero-order chi connectivity index (χ0) is 11.8. The molecule has 0 unspecified atom stereocenters. The lowest BCUT2D eigenvalue weighted by molar-refractivity contribution is 0.893. The number of hydrogen-bond donors (Lipinski definition) is 0. The molecule has 0 N–H and O–H groups in total. The van der Waals surface area contributed by atoms with Gasteiger partial charge >= 0.3 is 0 Å². The Morgan fingerprint density at radius 3 is 2.82 bits per heavy atom. The molecule has 2 aromatic heterocycles. The first-order valence-electron chi connectivity index (χ1n) is 5.51. The van der Waals surface area contributed by atoms with Crippen molar-refractivity contribution in [3.63, 3.8) is 0 Å². The van der Waals surface area contributed by atoms with Gasteiger partial charge in [-0.25, -0.2) is 0 Å². The normalized spacial score (nSPS) is 15.2. The summed E-state index contributed by atoms with van der Waals surface area (Å²) in [5.74, 6) is 0.700. The Labute approximate surface area is 117 Å². The fourth-order valence-electron chi connectivity index (χ4n) is 1.61. The highest BCUT2D eigenvalue weighted by atomic mass is 79.9. The molecule has 1 saturated carbocycles. The zero-order valence-electron chi connectivity index (χ0n) is 9.39. The lowest BCUT2D eigenvalue weighted by Crippen LogP contribution is -2.15. The molecular weight excluding hydrogens is 318 g/mol. The van der Waals surface area contributed by atoms with Crippen LogP contribution in [0.1, 0.15) is 28.6 Å². The van der Waals surface area contributed by atoms with Gasteiger partial charge in [0.1, 0.15) is 5.01 Å². The zero-order valence-corrected chi connectivity index (χ0v) is 12.6. The van der Waals surface area contributed by atoms with Crippen LogP contribution in [0.15, 0.2) is 15.9 Å². The van der Waals surface area contributed by atoms with E-state index in [9.17, 15) is 0 Å². The van der Waals surface area contributed by atoms with Crippen LogP contribution < -0.4 is 4.90 Å². The minimum absolute atomic E-state index is 0.700. The van der Waals surface area contributed by atoms with E-state index in [1.165, 1.54) is 26.5 Å². The second-order valence-electron chi connectivity index (χ2n) is 4.26. The molecule has 1 aliphatic carbocycles. The Hall–Kier alpha value is -0.460. The third kappa shape index (κ3) is 2.69. The molecule has 17 heavy (non-hydrogen) atoms. The standard InChI is InChI=1S/C11H12BrN3S2/c1-15(6-8-4-5-9(12)16-8)11-14-13-10(17-11)7-2-3-7/h4-5,7H,2-3,6H2,1H3. The highest BCUT2D eigenvalue weighted by Crippen LogP contribution is 2.42. The van der Waals surface area contributed by atoms with Gasteiger partial charge in [-0.3, -0.25) is 0 Å². The van der Waals surface area contributed by atoms with Crippen molar-refractivity contribution in [1.29, 1.82) is 0 Å². The van der Waals surface area contributed by atoms with E-state index < -0.39 is 0 Å². The molecule has 2 aromatic rings. The van der Waals surface area contributed by atoms with Crippen molar-refractivity contribution < 1.29 is 0 Å². The van der Waals surface area contributed by atoms with E-state index in [1.54, 1.807) is 22.7 Å². The largest absolute Gasteiger partial charge is 0.345 e. The first-order valence-corrected chi connectivity index (χ1v) is 7.94. The van der Waals surface area contributed by atoms with E-state index in [0.717, 1.165) is 11.7 Å². The average Bonchev–Trinajstić information content (AvgIpc) is 2.88. The molecule has 3 rings (SSSR count). The molecule has 0 atom stereocenters. The minimum Gasteiger partial charge on any atom is -0.345 e. The van der Waals surface area contributed by atoms with Crippen LogP contribution in [-0.2, 0) is 6.54 Å². The van der Waals surface area contributed by atoms with Crippen molar-refractivity contribution in [2.75, 3.05) is 11.9 Å². The quantitative estimate of drug-likeness (QED) is 0.852. The average molecular weight is 330 g/mol. The summed E-state index contributed by atoms with van der Waals surface area (Å²) in [4.78, 5) is 3.50. The van der Waals surface area contributed by atoms with E-state index >= 15 is 0 Å². The summed E-state index contributed by atoms with van der Waals surface area (Å²) in [7, 11) is 2.07. The van der Waals surface area contributed by atoms with E-state index in [2.05, 4.69) is 50.2 Å². The molecule has 1 fully saturated rings. The van der Waals surface area contributed by atoms with E-state index in [0.29, 0.717) is 5.92 Å². The van der Waals surface area contributed by atoms with Crippen LogP contribution in [0.3, 0.4) is 0 Å². The summed E-state index contributed by atoms with van der Waals surface area (Å²) in [6.45, 7) is 0.898. The van der Waals surface area contributed by atoms with Crippen LogP contribution in [0, 0.1) is 0 Å². The second-order valence-corrected chi connectivity index (χ2v) is 7.79. The van der Waals surface area contributed by atoms with Crippen molar-refractivity contribution >= 4 is 43.7 Å². The highest BCUT2D eigenvalue weighted by molar-refractivity contribution is 9.11. The molecule has 90 valence electrons. The molecule has 3 nitrogen and oxygen atoms in total. The number of halogens is 1. The van der Waals surface area contributed by atoms with Crippen molar-refractivity contribution in [3.8, 4) is 0 Å². The monoisotopic (exact) mass is 329 g/mol. The summed E-state index contributed by atoms with van der Waals surface area (Å²) < 4.78 is 1.18. The predicted octanol–water partition coefficient (Wildman–Crippen LogP) is 3.88. The van der Waals surface area contributed by atoms with Gasteiger partial charge in [-0.15, -0.1) is 21.5 Å². The van der Waals surface area contributed by atoms with Crippen molar-refractivity contribution in [1.82, 2.24) is 10.2 Å². The van der Waals surface area contributed by atoms with Gasteiger partial charge in [-0.2, -0.15) is 0 Å². The van der Waals surface area contributed by atoms with Gasteiger partial charge in [-0.05, 0) is 40.9 Å². The molecular formula is C11H12BrN3S2. The number of hydrogen-bond acceptors (Lipinski definition) is 5. The third-order valence-electron chi connectivity index (χ3n) is 2.70. The molecule has 6 heteroatoms. The fraction of sp³-hybridized carbons (Fsp3) is 0.455. The number of rotatable bonds is 4. The topological polar surface area (TPSA) is 29.0 Å². The molecule has 0 aromatic carbocycles. The first kappa shape index (κ1) is 11.6. The Balaban J connectivity index is 1.69. The van der Waals surface area contributed by atoms with Crippen molar-refractivity contribution in [2.24, 2.45) is 0 Å². The summed E-state index contributed by atoms with van der Waals surface area (Å²) in [5.41, 5.74) is 0. The maximum atomic E-state index is 4.27. The lowest BCUT2D eigenvalue weighted by atomic mass is 10.4. The van der Waals surface area contributed by atoms with Gasteiger partial charge in [0.15, 0.2) is 0 Å². The second kappa shape index (κ2) is 4.66. The highest BCUT2D eigenvalue weighted by Gasteiger charge is 2.28. The molecule has 0 bridgehead atoms. The maximum absolute atomic E-state index is 4.27. The van der Waals surface area contributed by atoms with E-state index in [-0.39, 0.29) is 0 Å². The number of aromatic nitrogens is 2. The van der Waals surface area contributed by atoms with Gasteiger partial charge < -0.3 is 4.90 Å². The van der Waals surface area contributed by atoms with E-state index in [1.807, 2.05) is 0 Å². The molecule has 0 aliphatic heterocycles. The molecule has 0 spiro atoms. The Morgan fingerprint density at radius 2 is 2.18 bits per heavy atom. The lowest BCUT2D eigenvalue weighted by Gasteiger charge is -2.13. The fourth-order valence-corrected chi connectivity index (χ4v) is 4.12.